The second kappa shape index (κ2) is 13.2. The molecule has 0 radical (unpaired) electrons. The number of hydrogen-bond acceptors (Lipinski definition) is 3. The van der Waals surface area contributed by atoms with Gasteiger partial charge in [-0.3, -0.25) is 4.99 Å². The SMILES string of the molecule is CCCCN(CCCC)CCCS/C(=N\C)NC. The number of nitrogens with zero attached hydrogens (tertiary/aromatic N) is 2. The largest absolute Gasteiger partial charge is 0.368 e. The highest BCUT2D eigenvalue weighted by Crippen LogP contribution is 2.06. The van der Waals surface area contributed by atoms with E-state index in [4.69, 9.17) is 0 Å². The Morgan fingerprint density at radius 2 is 1.61 bits per heavy atom. The summed E-state index contributed by atoms with van der Waals surface area (Å²) in [6, 6.07) is 0. The molecular formula is C14H31N3S. The average Bonchev–Trinajstić information content (AvgIpc) is 2.41. The zero-order chi connectivity index (χ0) is 13.6. The molecule has 0 fully saturated rings. The van der Waals surface area contributed by atoms with E-state index >= 15 is 0 Å². The minimum atomic E-state index is 1.05. The van der Waals surface area contributed by atoms with Crippen molar-refractivity contribution in [3.8, 4) is 0 Å². The lowest BCUT2D eigenvalue weighted by molar-refractivity contribution is 0.266. The maximum Gasteiger partial charge on any atom is 0.156 e. The normalized spacial score (nSPS) is 12.2. The quantitative estimate of drug-likeness (QED) is 0.376. The van der Waals surface area contributed by atoms with Crippen molar-refractivity contribution in [1.29, 1.82) is 0 Å². The first-order valence-corrected chi connectivity index (χ1v) is 8.26. The van der Waals surface area contributed by atoms with Crippen molar-refractivity contribution in [3.05, 3.63) is 0 Å². The molecule has 0 aromatic heterocycles. The molecule has 4 heteroatoms. The lowest BCUT2D eigenvalue weighted by Gasteiger charge is -2.21. The maximum atomic E-state index is 4.18. The Balaban J connectivity index is 3.73. The van der Waals surface area contributed by atoms with Crippen LogP contribution in [-0.4, -0.2) is 49.6 Å². The van der Waals surface area contributed by atoms with Crippen LogP contribution in [-0.2, 0) is 0 Å². The molecule has 0 aliphatic carbocycles. The molecule has 0 aromatic rings. The maximum absolute atomic E-state index is 4.18. The molecule has 0 saturated heterocycles. The van der Waals surface area contributed by atoms with Crippen LogP contribution in [0.1, 0.15) is 46.0 Å². The smallest absolute Gasteiger partial charge is 0.156 e. The Hall–Kier alpha value is -0.220. The van der Waals surface area contributed by atoms with Crippen molar-refractivity contribution >= 4 is 16.9 Å². The number of unbranched alkanes of at least 4 members (excludes halogenated alkanes) is 2. The molecule has 0 saturated carbocycles. The molecule has 0 spiro atoms. The van der Waals surface area contributed by atoms with Crippen LogP contribution < -0.4 is 5.32 Å². The van der Waals surface area contributed by atoms with Gasteiger partial charge in [0.1, 0.15) is 0 Å². The second-order valence-electron chi connectivity index (χ2n) is 4.53. The summed E-state index contributed by atoms with van der Waals surface area (Å²) in [6.07, 6.45) is 6.50. The molecule has 3 nitrogen and oxygen atoms in total. The van der Waals surface area contributed by atoms with Crippen LogP contribution in [0.15, 0.2) is 4.99 Å². The monoisotopic (exact) mass is 273 g/mol. The summed E-state index contributed by atoms with van der Waals surface area (Å²) in [4.78, 5) is 6.80. The van der Waals surface area contributed by atoms with E-state index in [1.807, 2.05) is 25.9 Å². The third-order valence-corrected chi connectivity index (χ3v) is 4.08. The van der Waals surface area contributed by atoms with Gasteiger partial charge in [0.25, 0.3) is 0 Å². The fourth-order valence-electron chi connectivity index (χ4n) is 1.80. The van der Waals surface area contributed by atoms with Crippen LogP contribution in [0.2, 0.25) is 0 Å². The van der Waals surface area contributed by atoms with E-state index in [0.717, 1.165) is 10.9 Å². The fourth-order valence-corrected chi connectivity index (χ4v) is 2.54. The van der Waals surface area contributed by atoms with E-state index in [0.29, 0.717) is 0 Å². The Bertz CT molecular complexity index is 199. The second-order valence-corrected chi connectivity index (χ2v) is 5.61. The minimum absolute atomic E-state index is 1.05. The van der Waals surface area contributed by atoms with Gasteiger partial charge in [0, 0.05) is 19.8 Å². The molecule has 18 heavy (non-hydrogen) atoms. The third kappa shape index (κ3) is 9.77. The highest BCUT2D eigenvalue weighted by atomic mass is 32.2. The summed E-state index contributed by atoms with van der Waals surface area (Å²) in [6.45, 7) is 8.30. The van der Waals surface area contributed by atoms with E-state index in [-0.39, 0.29) is 0 Å². The number of amidine groups is 1. The van der Waals surface area contributed by atoms with Crippen molar-refractivity contribution in [2.75, 3.05) is 39.5 Å². The van der Waals surface area contributed by atoms with Crippen LogP contribution >= 0.6 is 11.8 Å². The zero-order valence-electron chi connectivity index (χ0n) is 12.7. The van der Waals surface area contributed by atoms with Gasteiger partial charge in [-0.2, -0.15) is 0 Å². The van der Waals surface area contributed by atoms with Crippen molar-refractivity contribution in [3.63, 3.8) is 0 Å². The van der Waals surface area contributed by atoms with E-state index in [1.165, 1.54) is 51.7 Å². The summed E-state index contributed by atoms with van der Waals surface area (Å²) in [7, 11) is 3.78. The fraction of sp³-hybridized carbons (Fsp3) is 0.929. The highest BCUT2D eigenvalue weighted by Gasteiger charge is 2.04. The molecule has 0 aliphatic heterocycles. The average molecular weight is 273 g/mol. The first-order valence-electron chi connectivity index (χ1n) is 7.28. The number of thioether (sulfide) groups is 1. The van der Waals surface area contributed by atoms with Crippen LogP contribution in [0.4, 0.5) is 0 Å². The van der Waals surface area contributed by atoms with Crippen molar-refractivity contribution < 1.29 is 0 Å². The predicted molar refractivity (Wildman–Crippen MR) is 85.7 cm³/mol. The molecule has 0 rings (SSSR count). The first-order chi connectivity index (χ1) is 8.78. The van der Waals surface area contributed by atoms with Crippen LogP contribution in [0, 0.1) is 0 Å². The van der Waals surface area contributed by atoms with Crippen LogP contribution in [0.25, 0.3) is 0 Å². The van der Waals surface area contributed by atoms with Gasteiger partial charge in [0.15, 0.2) is 5.17 Å². The van der Waals surface area contributed by atoms with Gasteiger partial charge >= 0.3 is 0 Å². The molecule has 1 N–H and O–H groups in total. The van der Waals surface area contributed by atoms with E-state index in [1.54, 1.807) is 0 Å². The summed E-state index contributed by atoms with van der Waals surface area (Å²) in [5.74, 6) is 1.16. The van der Waals surface area contributed by atoms with E-state index in [2.05, 4.69) is 29.1 Å². The van der Waals surface area contributed by atoms with Gasteiger partial charge in [-0.25, -0.2) is 0 Å². The molecule has 0 aliphatic rings. The lowest BCUT2D eigenvalue weighted by Crippen LogP contribution is -2.27. The Labute approximate surface area is 118 Å². The number of hydrogen-bond donors (Lipinski definition) is 1. The van der Waals surface area contributed by atoms with Crippen molar-refractivity contribution in [2.45, 2.75) is 46.0 Å². The van der Waals surface area contributed by atoms with Crippen LogP contribution in [0.5, 0.6) is 0 Å². The summed E-state index contributed by atoms with van der Waals surface area (Å²) in [5, 5.41) is 4.15. The molecule has 108 valence electrons. The molecule has 0 aromatic carbocycles. The minimum Gasteiger partial charge on any atom is -0.368 e. The molecule has 0 heterocycles. The standard InChI is InChI=1S/C14H31N3S/c1-5-7-10-17(11-8-6-2)12-9-13-18-14(15-3)16-4/h5-13H2,1-4H3,(H,15,16). The Morgan fingerprint density at radius 3 is 2.06 bits per heavy atom. The number of aliphatic imine (C=N–C) groups is 1. The Morgan fingerprint density at radius 1 is 1.06 bits per heavy atom. The molecule has 0 bridgehead atoms. The molecular weight excluding hydrogens is 242 g/mol. The van der Waals surface area contributed by atoms with Crippen LogP contribution in [0.3, 0.4) is 0 Å². The lowest BCUT2D eigenvalue weighted by atomic mass is 10.2. The molecule has 0 amide bonds. The number of nitrogens with one attached hydrogen (secondary N) is 1. The Kier molecular flexibility index (Phi) is 13.1. The van der Waals surface area contributed by atoms with Gasteiger partial charge in [0.05, 0.1) is 0 Å². The molecule has 0 atom stereocenters. The number of rotatable bonds is 10. The summed E-state index contributed by atoms with van der Waals surface area (Å²) in [5.41, 5.74) is 0. The van der Waals surface area contributed by atoms with Gasteiger partial charge in [0.2, 0.25) is 0 Å². The summed E-state index contributed by atoms with van der Waals surface area (Å²) < 4.78 is 0. The summed E-state index contributed by atoms with van der Waals surface area (Å²) >= 11 is 1.82. The van der Waals surface area contributed by atoms with E-state index < -0.39 is 0 Å². The topological polar surface area (TPSA) is 27.6 Å². The first kappa shape index (κ1) is 17.8. The van der Waals surface area contributed by atoms with Crippen molar-refractivity contribution in [1.82, 2.24) is 10.2 Å². The highest BCUT2D eigenvalue weighted by molar-refractivity contribution is 8.13. The zero-order valence-corrected chi connectivity index (χ0v) is 13.5. The van der Waals surface area contributed by atoms with Gasteiger partial charge in [-0.05, 0) is 38.9 Å². The third-order valence-electron chi connectivity index (χ3n) is 2.93. The van der Waals surface area contributed by atoms with Crippen molar-refractivity contribution in [2.24, 2.45) is 4.99 Å². The van der Waals surface area contributed by atoms with Gasteiger partial charge in [-0.15, -0.1) is 0 Å². The molecule has 0 unspecified atom stereocenters. The van der Waals surface area contributed by atoms with Gasteiger partial charge < -0.3 is 10.2 Å². The van der Waals surface area contributed by atoms with Gasteiger partial charge in [-0.1, -0.05) is 38.5 Å². The van der Waals surface area contributed by atoms with E-state index in [9.17, 15) is 0 Å². The predicted octanol–water partition coefficient (Wildman–Crippen LogP) is 3.22.